The van der Waals surface area contributed by atoms with Gasteiger partial charge in [0.1, 0.15) is 17.2 Å². The van der Waals surface area contributed by atoms with Crippen LogP contribution >= 0.6 is 11.3 Å². The van der Waals surface area contributed by atoms with Crippen LogP contribution in [-0.2, 0) is 24.3 Å². The third kappa shape index (κ3) is 3.66. The molecular formula is C22H22N6O2S. The van der Waals surface area contributed by atoms with Gasteiger partial charge >= 0.3 is 0 Å². The van der Waals surface area contributed by atoms with Crippen LogP contribution in [0.25, 0.3) is 17.2 Å². The van der Waals surface area contributed by atoms with E-state index in [4.69, 9.17) is 20.4 Å². The van der Waals surface area contributed by atoms with Crippen LogP contribution in [0.1, 0.15) is 38.6 Å². The molecule has 4 aromatic heterocycles. The number of carbonyl (C=O) groups is 1. The second-order valence-electron chi connectivity index (χ2n) is 7.44. The van der Waals surface area contributed by atoms with Crippen LogP contribution in [0, 0.1) is 6.92 Å². The van der Waals surface area contributed by atoms with Crippen molar-refractivity contribution in [3.8, 4) is 11.5 Å². The summed E-state index contributed by atoms with van der Waals surface area (Å²) in [7, 11) is 0. The SMILES string of the molecule is Cc1nc2c(C(N)=O)cccn2c1-c1nc2c(c(NCc3cccs3)n1)COCCC2. The van der Waals surface area contributed by atoms with Gasteiger partial charge in [0.05, 0.1) is 30.1 Å². The first-order valence-electron chi connectivity index (χ1n) is 10.1. The number of rotatable bonds is 5. The largest absolute Gasteiger partial charge is 0.377 e. The maximum absolute atomic E-state index is 11.9. The molecule has 1 aliphatic rings. The highest BCUT2D eigenvalue weighted by molar-refractivity contribution is 7.09. The molecule has 1 aliphatic heterocycles. The Kier molecular flexibility index (Phi) is 5.13. The number of hydrogen-bond acceptors (Lipinski definition) is 7. The summed E-state index contributed by atoms with van der Waals surface area (Å²) < 4.78 is 7.62. The van der Waals surface area contributed by atoms with Crippen LogP contribution in [0.4, 0.5) is 5.82 Å². The summed E-state index contributed by atoms with van der Waals surface area (Å²) in [5, 5.41) is 5.54. The maximum Gasteiger partial charge on any atom is 0.252 e. The fraction of sp³-hybridized carbons (Fsp3) is 0.273. The Morgan fingerprint density at radius 1 is 1.29 bits per heavy atom. The van der Waals surface area contributed by atoms with Gasteiger partial charge in [-0.2, -0.15) is 0 Å². The van der Waals surface area contributed by atoms with Crippen LogP contribution in [-0.4, -0.2) is 31.9 Å². The summed E-state index contributed by atoms with van der Waals surface area (Å²) in [6, 6.07) is 7.59. The smallest absolute Gasteiger partial charge is 0.252 e. The molecule has 0 unspecified atom stereocenters. The van der Waals surface area contributed by atoms with Gasteiger partial charge in [0.25, 0.3) is 5.91 Å². The number of carbonyl (C=O) groups excluding carboxylic acids is 1. The van der Waals surface area contributed by atoms with Crippen molar-refractivity contribution in [1.82, 2.24) is 19.4 Å². The van der Waals surface area contributed by atoms with Gasteiger partial charge in [0.2, 0.25) is 0 Å². The van der Waals surface area contributed by atoms with Gasteiger partial charge in [-0.1, -0.05) is 6.07 Å². The molecule has 0 aliphatic carbocycles. The van der Waals surface area contributed by atoms with Gasteiger partial charge in [0.15, 0.2) is 5.82 Å². The van der Waals surface area contributed by atoms with E-state index in [9.17, 15) is 4.79 Å². The molecule has 0 bridgehead atoms. The quantitative estimate of drug-likeness (QED) is 0.499. The monoisotopic (exact) mass is 434 g/mol. The van der Waals surface area contributed by atoms with Crippen molar-refractivity contribution in [1.29, 1.82) is 0 Å². The molecule has 31 heavy (non-hydrogen) atoms. The van der Waals surface area contributed by atoms with E-state index in [0.717, 1.165) is 41.3 Å². The Hall–Kier alpha value is -3.30. The summed E-state index contributed by atoms with van der Waals surface area (Å²) >= 11 is 1.70. The summed E-state index contributed by atoms with van der Waals surface area (Å²) in [6.07, 6.45) is 3.58. The minimum absolute atomic E-state index is 0.371. The molecule has 4 aromatic rings. The molecule has 5 heterocycles. The fourth-order valence-corrected chi connectivity index (χ4v) is 4.53. The van der Waals surface area contributed by atoms with Crippen molar-refractivity contribution in [2.45, 2.75) is 32.9 Å². The van der Waals surface area contributed by atoms with Crippen molar-refractivity contribution >= 4 is 28.7 Å². The molecule has 0 saturated heterocycles. The van der Waals surface area contributed by atoms with Gasteiger partial charge in [-0.25, -0.2) is 15.0 Å². The average molecular weight is 435 g/mol. The maximum atomic E-state index is 11.9. The lowest BCUT2D eigenvalue weighted by molar-refractivity contribution is 0.100. The number of anilines is 1. The number of thiophene rings is 1. The number of ether oxygens (including phenoxy) is 1. The Balaban J connectivity index is 1.65. The van der Waals surface area contributed by atoms with Gasteiger partial charge in [0, 0.05) is 23.2 Å². The lowest BCUT2D eigenvalue weighted by Crippen LogP contribution is -2.13. The van der Waals surface area contributed by atoms with Gasteiger partial charge in [-0.05, 0) is 43.3 Å². The minimum Gasteiger partial charge on any atom is -0.377 e. The van der Waals surface area contributed by atoms with E-state index in [2.05, 4.69) is 21.7 Å². The van der Waals surface area contributed by atoms with E-state index in [1.807, 2.05) is 23.6 Å². The second kappa shape index (κ2) is 8.09. The molecule has 0 saturated carbocycles. The molecule has 9 heteroatoms. The molecular weight excluding hydrogens is 412 g/mol. The number of nitrogens with two attached hydrogens (primary N) is 1. The van der Waals surface area contributed by atoms with E-state index in [1.165, 1.54) is 4.88 Å². The van der Waals surface area contributed by atoms with E-state index in [-0.39, 0.29) is 0 Å². The lowest BCUT2D eigenvalue weighted by atomic mass is 10.1. The summed E-state index contributed by atoms with van der Waals surface area (Å²) in [5.41, 5.74) is 9.91. The van der Waals surface area contributed by atoms with Crippen LogP contribution in [0.5, 0.6) is 0 Å². The van der Waals surface area contributed by atoms with Crippen molar-refractivity contribution in [3.63, 3.8) is 0 Å². The zero-order valence-corrected chi connectivity index (χ0v) is 17.9. The highest BCUT2D eigenvalue weighted by Gasteiger charge is 2.22. The summed E-state index contributed by atoms with van der Waals surface area (Å²) in [4.78, 5) is 27.5. The fourth-order valence-electron chi connectivity index (χ4n) is 3.88. The predicted octanol–water partition coefficient (Wildman–Crippen LogP) is 3.34. The first-order chi connectivity index (χ1) is 15.1. The number of nitrogens with zero attached hydrogens (tertiary/aromatic N) is 4. The van der Waals surface area contributed by atoms with E-state index in [0.29, 0.717) is 36.8 Å². The highest BCUT2D eigenvalue weighted by atomic mass is 32.1. The third-order valence-electron chi connectivity index (χ3n) is 5.35. The Bertz CT molecular complexity index is 1260. The van der Waals surface area contributed by atoms with Crippen molar-refractivity contribution in [2.75, 3.05) is 11.9 Å². The van der Waals surface area contributed by atoms with Crippen LogP contribution < -0.4 is 11.1 Å². The number of aromatic nitrogens is 4. The zero-order valence-electron chi connectivity index (χ0n) is 17.1. The van der Waals surface area contributed by atoms with Gasteiger partial charge < -0.3 is 15.8 Å². The summed E-state index contributed by atoms with van der Waals surface area (Å²) in [6.45, 7) is 3.76. The number of pyridine rings is 1. The molecule has 3 N–H and O–H groups in total. The lowest BCUT2D eigenvalue weighted by Gasteiger charge is -2.15. The Morgan fingerprint density at radius 3 is 3.00 bits per heavy atom. The zero-order chi connectivity index (χ0) is 21.4. The second-order valence-corrected chi connectivity index (χ2v) is 8.47. The topological polar surface area (TPSA) is 107 Å². The Labute approximate surface area is 183 Å². The van der Waals surface area contributed by atoms with Crippen LogP contribution in [0.3, 0.4) is 0 Å². The van der Waals surface area contributed by atoms with Crippen LogP contribution in [0.15, 0.2) is 35.8 Å². The molecule has 0 radical (unpaired) electrons. The van der Waals surface area contributed by atoms with E-state index < -0.39 is 5.91 Å². The van der Waals surface area contributed by atoms with E-state index in [1.54, 1.807) is 23.5 Å². The standard InChI is InChI=1S/C22H22N6O2S/c1-13-18(28-8-2-6-15(19(23)29)22(28)25-13)21-26-17-7-3-9-30-12-16(17)20(27-21)24-11-14-5-4-10-31-14/h2,4-6,8,10H,3,7,9,11-12H2,1H3,(H2,23,29)(H,24,26,27). The molecule has 0 aromatic carbocycles. The number of amides is 1. The molecule has 0 fully saturated rings. The number of fused-ring (bicyclic) bond motifs is 2. The average Bonchev–Trinajstić information content (AvgIpc) is 3.32. The molecule has 5 rings (SSSR count). The van der Waals surface area contributed by atoms with Crippen molar-refractivity contribution in [2.24, 2.45) is 5.73 Å². The normalized spacial score (nSPS) is 13.7. The number of hydrogen-bond donors (Lipinski definition) is 2. The number of nitrogens with one attached hydrogen (secondary N) is 1. The van der Waals surface area contributed by atoms with Crippen molar-refractivity contribution in [3.05, 3.63) is 63.2 Å². The van der Waals surface area contributed by atoms with E-state index >= 15 is 0 Å². The number of imidazole rings is 1. The molecule has 0 atom stereocenters. The van der Waals surface area contributed by atoms with Gasteiger partial charge in [-0.15, -0.1) is 11.3 Å². The number of aryl methyl sites for hydroxylation is 2. The molecule has 158 valence electrons. The van der Waals surface area contributed by atoms with Crippen molar-refractivity contribution < 1.29 is 9.53 Å². The first-order valence-corrected chi connectivity index (χ1v) is 11.0. The molecule has 0 spiro atoms. The third-order valence-corrected chi connectivity index (χ3v) is 6.23. The minimum atomic E-state index is -0.513. The highest BCUT2D eigenvalue weighted by Crippen LogP contribution is 2.29. The Morgan fingerprint density at radius 2 is 2.19 bits per heavy atom. The molecule has 1 amide bonds. The molecule has 8 nitrogen and oxygen atoms in total. The van der Waals surface area contributed by atoms with Gasteiger partial charge in [-0.3, -0.25) is 9.20 Å². The number of primary amides is 1. The van der Waals surface area contributed by atoms with Crippen LogP contribution in [0.2, 0.25) is 0 Å². The summed E-state index contributed by atoms with van der Waals surface area (Å²) in [5.74, 6) is 0.831. The first kappa shape index (κ1) is 19.7. The predicted molar refractivity (Wildman–Crippen MR) is 119 cm³/mol.